The average molecular weight is 154 g/mol. The normalized spacial score (nSPS) is 15.8. The van der Waals surface area contributed by atoms with Crippen molar-refractivity contribution >= 4 is 17.4 Å². The summed E-state index contributed by atoms with van der Waals surface area (Å²) in [7, 11) is 0. The molecule has 1 aliphatic heterocycles. The van der Waals surface area contributed by atoms with Crippen molar-refractivity contribution in [2.75, 3.05) is 6.61 Å². The lowest BCUT2D eigenvalue weighted by molar-refractivity contribution is -0.135. The second-order valence-electron chi connectivity index (χ2n) is 2.28. The minimum atomic E-state index is -0.354. The van der Waals surface area contributed by atoms with Crippen molar-refractivity contribution in [3.8, 4) is 0 Å². The maximum Gasteiger partial charge on any atom is 0.354 e. The molecule has 0 fully saturated rings. The Hall–Kier alpha value is -1.19. The van der Waals surface area contributed by atoms with E-state index in [0.717, 1.165) is 5.71 Å². The van der Waals surface area contributed by atoms with Gasteiger partial charge in [0.15, 0.2) is 5.71 Å². The van der Waals surface area contributed by atoms with Crippen molar-refractivity contribution in [2.24, 2.45) is 10.2 Å². The van der Waals surface area contributed by atoms with Gasteiger partial charge in [0.2, 0.25) is 0 Å². The Morgan fingerprint density at radius 2 is 2.36 bits per heavy atom. The van der Waals surface area contributed by atoms with Gasteiger partial charge in [-0.15, -0.1) is 5.10 Å². The summed E-state index contributed by atoms with van der Waals surface area (Å²) in [5, 5.41) is 7.39. The Kier molecular flexibility index (Phi) is 2.36. The molecule has 0 atom stereocenters. The smallest absolute Gasteiger partial charge is 0.354 e. The van der Waals surface area contributed by atoms with Crippen LogP contribution in [0.3, 0.4) is 0 Å². The Labute approximate surface area is 65.0 Å². The number of rotatable bonds is 2. The molecule has 0 radical (unpaired) electrons. The van der Waals surface area contributed by atoms with Crippen molar-refractivity contribution in [1.29, 1.82) is 0 Å². The molecule has 0 amide bonds. The van der Waals surface area contributed by atoms with Crippen molar-refractivity contribution in [1.82, 2.24) is 0 Å². The van der Waals surface area contributed by atoms with Crippen LogP contribution in [0.2, 0.25) is 0 Å². The topological polar surface area (TPSA) is 51.0 Å². The summed E-state index contributed by atoms with van der Waals surface area (Å²) in [5.41, 5.74) is 1.26. The molecule has 1 heterocycles. The Morgan fingerprint density at radius 3 is 2.82 bits per heavy atom. The van der Waals surface area contributed by atoms with Crippen LogP contribution in [-0.2, 0) is 9.53 Å². The summed E-state index contributed by atoms with van der Waals surface area (Å²) < 4.78 is 4.73. The first kappa shape index (κ1) is 7.91. The highest BCUT2D eigenvalue weighted by atomic mass is 16.5. The number of ether oxygens (including phenoxy) is 1. The van der Waals surface area contributed by atoms with E-state index < -0.39 is 0 Å². The van der Waals surface area contributed by atoms with Gasteiger partial charge in [0.1, 0.15) is 0 Å². The van der Waals surface area contributed by atoms with Gasteiger partial charge in [-0.3, -0.25) is 0 Å². The summed E-state index contributed by atoms with van der Waals surface area (Å²) in [5.74, 6) is -0.354. The zero-order valence-corrected chi connectivity index (χ0v) is 6.63. The van der Waals surface area contributed by atoms with E-state index in [-0.39, 0.29) is 5.97 Å². The second kappa shape index (κ2) is 3.27. The molecule has 0 aromatic carbocycles. The van der Waals surface area contributed by atoms with Gasteiger partial charge in [-0.05, 0) is 13.8 Å². The molecular formula is C7H10N2O2. The number of hydrogen-bond acceptors (Lipinski definition) is 4. The lowest BCUT2D eigenvalue weighted by atomic mass is 10.2. The largest absolute Gasteiger partial charge is 0.461 e. The van der Waals surface area contributed by atoms with E-state index in [1.807, 2.05) is 6.92 Å². The van der Waals surface area contributed by atoms with Gasteiger partial charge in [0, 0.05) is 12.1 Å². The Morgan fingerprint density at radius 1 is 1.64 bits per heavy atom. The minimum absolute atomic E-state index is 0.354. The van der Waals surface area contributed by atoms with Crippen molar-refractivity contribution in [3.63, 3.8) is 0 Å². The third kappa shape index (κ3) is 1.86. The molecule has 0 aromatic heterocycles. The summed E-state index contributed by atoms with van der Waals surface area (Å²) in [4.78, 5) is 11.0. The van der Waals surface area contributed by atoms with Crippen molar-refractivity contribution in [3.05, 3.63) is 0 Å². The van der Waals surface area contributed by atoms with Crippen LogP contribution in [0, 0.1) is 0 Å². The van der Waals surface area contributed by atoms with Crippen LogP contribution in [-0.4, -0.2) is 24.0 Å². The molecule has 0 spiro atoms. The number of carbonyl (C=O) groups excluding carboxylic acids is 1. The first-order valence-corrected chi connectivity index (χ1v) is 3.51. The third-order valence-electron chi connectivity index (χ3n) is 1.28. The maximum absolute atomic E-state index is 11.0. The van der Waals surface area contributed by atoms with E-state index in [1.54, 1.807) is 6.92 Å². The quantitative estimate of drug-likeness (QED) is 0.551. The zero-order chi connectivity index (χ0) is 8.27. The zero-order valence-electron chi connectivity index (χ0n) is 6.63. The lowest BCUT2D eigenvalue weighted by Crippen LogP contribution is -2.16. The summed E-state index contributed by atoms with van der Waals surface area (Å²) >= 11 is 0. The molecular weight excluding hydrogens is 144 g/mol. The van der Waals surface area contributed by atoms with E-state index in [1.165, 1.54) is 0 Å². The predicted molar refractivity (Wildman–Crippen MR) is 41.8 cm³/mol. The molecule has 4 nitrogen and oxygen atoms in total. The summed E-state index contributed by atoms with van der Waals surface area (Å²) in [6.45, 7) is 3.98. The number of nitrogens with zero attached hydrogens (tertiary/aromatic N) is 2. The van der Waals surface area contributed by atoms with E-state index >= 15 is 0 Å². The molecule has 4 heteroatoms. The standard InChI is InChI=1S/C7H10N2O2/c1-3-11-7(10)6-4-5(2)8-9-6/h3-4H2,1-2H3. The molecule has 0 aromatic rings. The molecule has 60 valence electrons. The highest BCUT2D eigenvalue weighted by Crippen LogP contribution is 2.02. The Bertz CT molecular complexity index is 231. The molecule has 1 rings (SSSR count). The number of hydrogen-bond donors (Lipinski definition) is 0. The van der Waals surface area contributed by atoms with Crippen molar-refractivity contribution < 1.29 is 9.53 Å². The molecule has 0 saturated heterocycles. The average Bonchev–Trinajstić information content (AvgIpc) is 2.36. The van der Waals surface area contributed by atoms with Gasteiger partial charge in [0.05, 0.1) is 6.61 Å². The highest BCUT2D eigenvalue weighted by Gasteiger charge is 2.17. The fourth-order valence-electron chi connectivity index (χ4n) is 0.786. The first-order valence-electron chi connectivity index (χ1n) is 3.51. The van der Waals surface area contributed by atoms with Crippen LogP contribution in [0.25, 0.3) is 0 Å². The first-order chi connectivity index (χ1) is 5.24. The second-order valence-corrected chi connectivity index (χ2v) is 2.28. The molecule has 1 aliphatic rings. The predicted octanol–water partition coefficient (Wildman–Crippen LogP) is 0.770. The number of carbonyl (C=O) groups is 1. The molecule has 0 saturated carbocycles. The number of esters is 1. The molecule has 11 heavy (non-hydrogen) atoms. The van der Waals surface area contributed by atoms with E-state index in [0.29, 0.717) is 18.7 Å². The van der Waals surface area contributed by atoms with Crippen LogP contribution in [0.15, 0.2) is 10.2 Å². The van der Waals surface area contributed by atoms with Crippen molar-refractivity contribution in [2.45, 2.75) is 20.3 Å². The van der Waals surface area contributed by atoms with Gasteiger partial charge >= 0.3 is 5.97 Å². The van der Waals surface area contributed by atoms with Crippen LogP contribution in [0.4, 0.5) is 0 Å². The maximum atomic E-state index is 11.0. The van der Waals surface area contributed by atoms with E-state index in [4.69, 9.17) is 4.74 Å². The Balaban J connectivity index is 2.47. The molecule has 0 unspecified atom stereocenters. The highest BCUT2D eigenvalue weighted by molar-refractivity contribution is 6.41. The summed E-state index contributed by atoms with van der Waals surface area (Å²) in [6, 6.07) is 0. The van der Waals surface area contributed by atoms with Gasteiger partial charge in [-0.2, -0.15) is 5.10 Å². The van der Waals surface area contributed by atoms with Gasteiger partial charge in [0.25, 0.3) is 0 Å². The van der Waals surface area contributed by atoms with Crippen LogP contribution in [0.5, 0.6) is 0 Å². The molecule has 0 N–H and O–H groups in total. The van der Waals surface area contributed by atoms with Gasteiger partial charge < -0.3 is 4.74 Å². The SMILES string of the molecule is CCOC(=O)C1=NN=C(C)C1. The van der Waals surface area contributed by atoms with Gasteiger partial charge in [-0.1, -0.05) is 0 Å². The van der Waals surface area contributed by atoms with E-state index in [2.05, 4.69) is 10.2 Å². The van der Waals surface area contributed by atoms with Crippen LogP contribution < -0.4 is 0 Å². The fraction of sp³-hybridized carbons (Fsp3) is 0.571. The lowest BCUT2D eigenvalue weighted by Gasteiger charge is -1.98. The van der Waals surface area contributed by atoms with Crippen LogP contribution >= 0.6 is 0 Å². The minimum Gasteiger partial charge on any atom is -0.461 e. The van der Waals surface area contributed by atoms with E-state index in [9.17, 15) is 4.79 Å². The fourth-order valence-corrected chi connectivity index (χ4v) is 0.786. The van der Waals surface area contributed by atoms with Gasteiger partial charge in [-0.25, -0.2) is 4.79 Å². The summed E-state index contributed by atoms with van der Waals surface area (Å²) in [6.07, 6.45) is 0.527. The monoisotopic (exact) mass is 154 g/mol. The molecule has 0 aliphatic carbocycles. The third-order valence-corrected chi connectivity index (χ3v) is 1.28. The molecule has 0 bridgehead atoms. The van der Waals surface area contributed by atoms with Crippen LogP contribution in [0.1, 0.15) is 20.3 Å².